The van der Waals surface area contributed by atoms with Gasteiger partial charge in [-0.3, -0.25) is 15.1 Å². The van der Waals surface area contributed by atoms with Gasteiger partial charge in [0.15, 0.2) is 5.58 Å². The zero-order valence-electron chi connectivity index (χ0n) is 16.1. The molecule has 3 aromatic carbocycles. The van der Waals surface area contributed by atoms with E-state index in [1.165, 1.54) is 6.07 Å². The van der Waals surface area contributed by atoms with Gasteiger partial charge in [0.1, 0.15) is 17.0 Å². The highest BCUT2D eigenvalue weighted by Crippen LogP contribution is 2.34. The number of hydrogen-bond acceptors (Lipinski definition) is 6. The van der Waals surface area contributed by atoms with Gasteiger partial charge in [-0.1, -0.05) is 12.1 Å². The SMILES string of the molecule is COc1ccc(-c2nc3cc(C)ccc3o2)cc1N=Cc1ccc(Br)c([N+](=O)[O-])c1. The number of nitrogens with zero attached hydrogens (tertiary/aromatic N) is 3. The van der Waals surface area contributed by atoms with Crippen LogP contribution >= 0.6 is 15.9 Å². The molecule has 0 spiro atoms. The summed E-state index contributed by atoms with van der Waals surface area (Å²) in [5, 5.41) is 11.1. The highest BCUT2D eigenvalue weighted by molar-refractivity contribution is 9.10. The lowest BCUT2D eigenvalue weighted by molar-refractivity contribution is -0.385. The molecule has 1 aromatic heterocycles. The zero-order valence-corrected chi connectivity index (χ0v) is 17.7. The molecule has 7 nitrogen and oxygen atoms in total. The Hall–Kier alpha value is -3.52. The van der Waals surface area contributed by atoms with Crippen molar-refractivity contribution in [2.75, 3.05) is 7.11 Å². The van der Waals surface area contributed by atoms with Gasteiger partial charge in [-0.2, -0.15) is 0 Å². The first-order valence-electron chi connectivity index (χ1n) is 8.98. The van der Waals surface area contributed by atoms with Crippen LogP contribution in [-0.4, -0.2) is 23.2 Å². The zero-order chi connectivity index (χ0) is 21.3. The molecule has 0 aliphatic carbocycles. The fraction of sp³-hybridized carbons (Fsp3) is 0.0909. The molecule has 0 atom stereocenters. The van der Waals surface area contributed by atoms with Crippen molar-refractivity contribution in [2.24, 2.45) is 4.99 Å². The van der Waals surface area contributed by atoms with Crippen LogP contribution in [0.3, 0.4) is 0 Å². The monoisotopic (exact) mass is 465 g/mol. The molecule has 8 heteroatoms. The van der Waals surface area contributed by atoms with Gasteiger partial charge in [0, 0.05) is 17.8 Å². The van der Waals surface area contributed by atoms with Crippen LogP contribution < -0.4 is 4.74 Å². The van der Waals surface area contributed by atoms with Gasteiger partial charge in [0.05, 0.1) is 16.5 Å². The predicted molar refractivity (Wildman–Crippen MR) is 119 cm³/mol. The number of ether oxygens (including phenoxy) is 1. The van der Waals surface area contributed by atoms with Crippen LogP contribution in [0.25, 0.3) is 22.6 Å². The Morgan fingerprint density at radius 2 is 2.00 bits per heavy atom. The Bertz CT molecular complexity index is 1300. The molecule has 1 heterocycles. The average molecular weight is 466 g/mol. The number of benzene rings is 3. The lowest BCUT2D eigenvalue weighted by atomic mass is 10.1. The van der Waals surface area contributed by atoms with Gasteiger partial charge in [-0.15, -0.1) is 0 Å². The number of rotatable bonds is 5. The number of oxazole rings is 1. The first-order chi connectivity index (χ1) is 14.4. The number of hydrogen-bond donors (Lipinski definition) is 0. The van der Waals surface area contributed by atoms with E-state index < -0.39 is 4.92 Å². The summed E-state index contributed by atoms with van der Waals surface area (Å²) in [6.45, 7) is 2.00. The summed E-state index contributed by atoms with van der Waals surface area (Å²) in [5.74, 6) is 1.04. The minimum absolute atomic E-state index is 0.0264. The van der Waals surface area contributed by atoms with E-state index >= 15 is 0 Å². The second-order valence-corrected chi connectivity index (χ2v) is 7.46. The summed E-state index contributed by atoms with van der Waals surface area (Å²) in [7, 11) is 1.56. The third kappa shape index (κ3) is 3.95. The van der Waals surface area contributed by atoms with Crippen molar-refractivity contribution in [1.29, 1.82) is 0 Å². The van der Waals surface area contributed by atoms with Crippen LogP contribution in [0.4, 0.5) is 11.4 Å². The molecule has 0 saturated heterocycles. The highest BCUT2D eigenvalue weighted by Gasteiger charge is 2.13. The quantitative estimate of drug-likeness (QED) is 0.198. The Labute approximate surface area is 180 Å². The number of nitro groups is 1. The third-order valence-electron chi connectivity index (χ3n) is 4.49. The molecule has 0 amide bonds. The van der Waals surface area contributed by atoms with Crippen LogP contribution in [-0.2, 0) is 0 Å². The number of aryl methyl sites for hydroxylation is 1. The number of aromatic nitrogens is 1. The predicted octanol–water partition coefficient (Wildman–Crippen LogP) is 6.23. The van der Waals surface area contributed by atoms with Gasteiger partial charge in [0.25, 0.3) is 5.69 Å². The largest absolute Gasteiger partial charge is 0.494 e. The van der Waals surface area contributed by atoms with Crippen LogP contribution in [0.5, 0.6) is 5.75 Å². The topological polar surface area (TPSA) is 90.8 Å². The van der Waals surface area contributed by atoms with E-state index in [2.05, 4.69) is 25.9 Å². The van der Waals surface area contributed by atoms with Gasteiger partial charge < -0.3 is 9.15 Å². The van der Waals surface area contributed by atoms with E-state index in [0.717, 1.165) is 16.6 Å². The molecule has 30 heavy (non-hydrogen) atoms. The minimum Gasteiger partial charge on any atom is -0.494 e. The van der Waals surface area contributed by atoms with E-state index in [9.17, 15) is 10.1 Å². The summed E-state index contributed by atoms with van der Waals surface area (Å²) >= 11 is 3.18. The van der Waals surface area contributed by atoms with E-state index in [1.54, 1.807) is 37.6 Å². The summed E-state index contributed by atoms with van der Waals surface area (Å²) in [5.41, 5.74) is 4.46. The molecule has 4 rings (SSSR count). The van der Waals surface area contributed by atoms with Crippen molar-refractivity contribution >= 4 is 44.6 Å². The van der Waals surface area contributed by atoms with Gasteiger partial charge in [0.2, 0.25) is 5.89 Å². The average Bonchev–Trinajstić information content (AvgIpc) is 3.16. The number of nitro benzene ring substituents is 1. The first kappa shape index (κ1) is 19.8. The van der Waals surface area contributed by atoms with Crippen LogP contribution in [0.2, 0.25) is 0 Å². The molecule has 0 N–H and O–H groups in total. The van der Waals surface area contributed by atoms with Crippen LogP contribution in [0.15, 0.2) is 68.5 Å². The van der Waals surface area contributed by atoms with Gasteiger partial charge >= 0.3 is 0 Å². The van der Waals surface area contributed by atoms with Gasteiger partial charge in [-0.05, 0) is 70.4 Å². The number of methoxy groups -OCH3 is 1. The van der Waals surface area contributed by atoms with E-state index in [4.69, 9.17) is 9.15 Å². The van der Waals surface area contributed by atoms with Crippen molar-refractivity contribution in [2.45, 2.75) is 6.92 Å². The fourth-order valence-electron chi connectivity index (χ4n) is 2.98. The standard InChI is InChI=1S/C22H16BrN3O4/c1-13-3-7-21-18(9-13)25-22(30-21)15-5-8-20(29-2)17(11-15)24-12-14-4-6-16(23)19(10-14)26(27)28/h3-12H,1-2H3. The summed E-state index contributed by atoms with van der Waals surface area (Å²) in [6.07, 6.45) is 1.55. The van der Waals surface area contributed by atoms with Crippen molar-refractivity contribution < 1.29 is 14.1 Å². The Morgan fingerprint density at radius 3 is 2.77 bits per heavy atom. The number of halogens is 1. The maximum Gasteiger partial charge on any atom is 0.284 e. The Balaban J connectivity index is 1.71. The summed E-state index contributed by atoms with van der Waals surface area (Å²) < 4.78 is 11.7. The summed E-state index contributed by atoms with van der Waals surface area (Å²) in [4.78, 5) is 19.7. The molecule has 0 aliphatic heterocycles. The van der Waals surface area contributed by atoms with E-state index in [1.807, 2.05) is 31.2 Å². The minimum atomic E-state index is -0.447. The normalized spacial score (nSPS) is 11.3. The molecule has 0 aliphatic rings. The van der Waals surface area contributed by atoms with E-state index in [0.29, 0.717) is 32.9 Å². The maximum absolute atomic E-state index is 11.1. The lowest BCUT2D eigenvalue weighted by Gasteiger charge is -2.06. The molecular weight excluding hydrogens is 450 g/mol. The summed E-state index contributed by atoms with van der Waals surface area (Å²) in [6, 6.07) is 16.1. The Morgan fingerprint density at radius 1 is 1.17 bits per heavy atom. The second kappa shape index (κ2) is 8.08. The molecule has 4 aromatic rings. The molecular formula is C22H16BrN3O4. The van der Waals surface area contributed by atoms with Crippen LogP contribution in [0.1, 0.15) is 11.1 Å². The van der Waals surface area contributed by atoms with Crippen molar-refractivity contribution in [3.63, 3.8) is 0 Å². The molecule has 150 valence electrons. The van der Waals surface area contributed by atoms with Crippen molar-refractivity contribution in [3.8, 4) is 17.2 Å². The highest BCUT2D eigenvalue weighted by atomic mass is 79.9. The number of aliphatic imine (C=N–C) groups is 1. The van der Waals surface area contributed by atoms with Gasteiger partial charge in [-0.25, -0.2) is 4.98 Å². The Kier molecular flexibility index (Phi) is 5.33. The number of fused-ring (bicyclic) bond motifs is 1. The van der Waals surface area contributed by atoms with Crippen molar-refractivity contribution in [3.05, 3.63) is 80.3 Å². The van der Waals surface area contributed by atoms with Crippen molar-refractivity contribution in [1.82, 2.24) is 4.98 Å². The van der Waals surface area contributed by atoms with Crippen LogP contribution in [0, 0.1) is 17.0 Å². The molecule has 0 fully saturated rings. The molecule has 0 saturated carbocycles. The van der Waals surface area contributed by atoms with E-state index in [-0.39, 0.29) is 5.69 Å². The fourth-order valence-corrected chi connectivity index (χ4v) is 3.37. The maximum atomic E-state index is 11.1. The molecule has 0 radical (unpaired) electrons. The molecule has 0 bridgehead atoms. The smallest absolute Gasteiger partial charge is 0.284 e. The first-order valence-corrected chi connectivity index (χ1v) is 9.77. The molecule has 0 unspecified atom stereocenters. The second-order valence-electron chi connectivity index (χ2n) is 6.60. The lowest BCUT2D eigenvalue weighted by Crippen LogP contribution is -1.91. The third-order valence-corrected chi connectivity index (χ3v) is 5.16.